The molecule has 6 heteroatoms. The van der Waals surface area contributed by atoms with Gasteiger partial charge in [0, 0.05) is 0 Å². The first-order valence-corrected chi connectivity index (χ1v) is 12.5. The van der Waals surface area contributed by atoms with Gasteiger partial charge in [0.1, 0.15) is 6.54 Å². The molecule has 3 aromatic rings. The smallest absolute Gasteiger partial charge is 0.264 e. The largest absolute Gasteiger partial charge is 0.348 e. The predicted molar refractivity (Wildman–Crippen MR) is 134 cm³/mol. The Bertz CT molecular complexity index is 1180. The molecule has 0 fully saturated rings. The molecule has 0 aliphatic carbocycles. The van der Waals surface area contributed by atoms with Crippen molar-refractivity contribution in [3.63, 3.8) is 0 Å². The van der Waals surface area contributed by atoms with Gasteiger partial charge in [-0.15, -0.1) is 0 Å². The number of benzene rings is 3. The van der Waals surface area contributed by atoms with Crippen molar-refractivity contribution in [3.05, 3.63) is 95.6 Å². The van der Waals surface area contributed by atoms with Crippen molar-refractivity contribution < 1.29 is 13.2 Å². The van der Waals surface area contributed by atoms with Crippen molar-refractivity contribution >= 4 is 21.6 Å². The number of hydrogen-bond acceptors (Lipinski definition) is 3. The second-order valence-corrected chi connectivity index (χ2v) is 11.2. The van der Waals surface area contributed by atoms with E-state index < -0.39 is 10.0 Å². The van der Waals surface area contributed by atoms with Gasteiger partial charge in [0.25, 0.3) is 10.0 Å². The van der Waals surface area contributed by atoms with Crippen LogP contribution in [0.15, 0.2) is 83.8 Å². The molecule has 0 aliphatic heterocycles. The lowest BCUT2D eigenvalue weighted by Crippen LogP contribution is -2.41. The van der Waals surface area contributed by atoms with Gasteiger partial charge in [-0.2, -0.15) is 0 Å². The molecule has 0 radical (unpaired) electrons. The molecule has 3 rings (SSSR count). The number of rotatable bonds is 7. The summed E-state index contributed by atoms with van der Waals surface area (Å²) < 4.78 is 27.9. The summed E-state index contributed by atoms with van der Waals surface area (Å²) in [6.45, 7) is 9.97. The quantitative estimate of drug-likeness (QED) is 0.511. The van der Waals surface area contributed by atoms with E-state index in [0.717, 1.165) is 15.4 Å². The van der Waals surface area contributed by atoms with E-state index in [1.54, 1.807) is 30.3 Å². The molecular formula is C27H32N2O3S. The average Bonchev–Trinajstić information content (AvgIpc) is 2.78. The maximum absolute atomic E-state index is 13.4. The molecule has 0 spiro atoms. The third kappa shape index (κ3) is 6.02. The van der Waals surface area contributed by atoms with Gasteiger partial charge in [0.05, 0.1) is 16.6 Å². The Morgan fingerprint density at radius 1 is 0.909 bits per heavy atom. The van der Waals surface area contributed by atoms with E-state index in [0.29, 0.717) is 5.69 Å². The summed E-state index contributed by atoms with van der Waals surface area (Å²) in [5, 5.41) is 2.94. The number of anilines is 1. The zero-order valence-corrected chi connectivity index (χ0v) is 20.7. The van der Waals surface area contributed by atoms with E-state index in [-0.39, 0.29) is 28.8 Å². The average molecular weight is 465 g/mol. The van der Waals surface area contributed by atoms with Crippen molar-refractivity contribution in [1.82, 2.24) is 5.32 Å². The van der Waals surface area contributed by atoms with Crippen molar-refractivity contribution in [1.29, 1.82) is 0 Å². The molecular weight excluding hydrogens is 432 g/mol. The van der Waals surface area contributed by atoms with Crippen LogP contribution >= 0.6 is 0 Å². The highest BCUT2D eigenvalue weighted by atomic mass is 32.2. The first-order valence-electron chi connectivity index (χ1n) is 11.0. The van der Waals surface area contributed by atoms with E-state index in [9.17, 15) is 13.2 Å². The number of amides is 1. The summed E-state index contributed by atoms with van der Waals surface area (Å²) in [6.07, 6.45) is 0. The number of nitrogens with zero attached hydrogens (tertiary/aromatic N) is 1. The summed E-state index contributed by atoms with van der Waals surface area (Å²) >= 11 is 0. The standard InChI is InChI=1S/C27H32N2O3S/c1-20-11-17-24(18-12-20)29(33(31,32)25-9-7-6-8-10-25)19-26(30)28-21(2)22-13-15-23(16-14-22)27(3,4)5/h6-18,21H,19H2,1-5H3,(H,28,30)/t21-/m0/s1. The second kappa shape index (κ2) is 9.79. The fraction of sp³-hybridized carbons (Fsp3) is 0.296. The lowest BCUT2D eigenvalue weighted by Gasteiger charge is -2.25. The lowest BCUT2D eigenvalue weighted by atomic mass is 9.86. The number of hydrogen-bond donors (Lipinski definition) is 1. The van der Waals surface area contributed by atoms with Crippen LogP contribution in [0.2, 0.25) is 0 Å². The van der Waals surface area contributed by atoms with Gasteiger partial charge in [0.2, 0.25) is 5.91 Å². The lowest BCUT2D eigenvalue weighted by molar-refractivity contribution is -0.120. The number of carbonyl (C=O) groups excluding carboxylic acids is 1. The van der Waals surface area contributed by atoms with Crippen LogP contribution in [0.3, 0.4) is 0 Å². The van der Waals surface area contributed by atoms with Gasteiger partial charge in [-0.05, 0) is 54.7 Å². The summed E-state index contributed by atoms with van der Waals surface area (Å²) in [5.41, 5.74) is 3.67. The van der Waals surface area contributed by atoms with Crippen LogP contribution in [-0.4, -0.2) is 20.9 Å². The molecule has 5 nitrogen and oxygen atoms in total. The fourth-order valence-electron chi connectivity index (χ4n) is 3.52. The molecule has 1 atom stereocenters. The zero-order valence-electron chi connectivity index (χ0n) is 19.9. The van der Waals surface area contributed by atoms with E-state index in [4.69, 9.17) is 0 Å². The Morgan fingerprint density at radius 3 is 2.03 bits per heavy atom. The molecule has 33 heavy (non-hydrogen) atoms. The fourth-order valence-corrected chi connectivity index (χ4v) is 4.96. The highest BCUT2D eigenvalue weighted by molar-refractivity contribution is 7.92. The molecule has 0 aliphatic rings. The highest BCUT2D eigenvalue weighted by Gasteiger charge is 2.27. The molecule has 0 saturated carbocycles. The normalized spacial score (nSPS) is 12.8. The summed E-state index contributed by atoms with van der Waals surface area (Å²) in [6, 6.07) is 23.2. The molecule has 1 amide bonds. The molecule has 174 valence electrons. The second-order valence-electron chi connectivity index (χ2n) is 9.32. The van der Waals surface area contributed by atoms with E-state index in [2.05, 4.69) is 38.2 Å². The van der Waals surface area contributed by atoms with Gasteiger partial charge in [0.15, 0.2) is 0 Å². The van der Waals surface area contributed by atoms with Gasteiger partial charge >= 0.3 is 0 Å². The Kier molecular flexibility index (Phi) is 7.28. The first kappa shape index (κ1) is 24.5. The van der Waals surface area contributed by atoms with Crippen LogP contribution < -0.4 is 9.62 Å². The Labute approximate surface area is 197 Å². The van der Waals surface area contributed by atoms with Crippen molar-refractivity contribution in [2.45, 2.75) is 51.0 Å². The monoisotopic (exact) mass is 464 g/mol. The molecule has 1 N–H and O–H groups in total. The number of sulfonamides is 1. The predicted octanol–water partition coefficient (Wildman–Crippen LogP) is 5.37. The van der Waals surface area contributed by atoms with Crippen molar-refractivity contribution in [2.75, 3.05) is 10.8 Å². The number of aryl methyl sites for hydroxylation is 1. The maximum atomic E-state index is 13.4. The molecule has 3 aromatic carbocycles. The SMILES string of the molecule is Cc1ccc(N(CC(=O)N[C@@H](C)c2ccc(C(C)(C)C)cc2)S(=O)(=O)c2ccccc2)cc1. The van der Waals surface area contributed by atoms with Crippen LogP contribution in [0.1, 0.15) is 50.4 Å². The molecule has 0 unspecified atom stereocenters. The van der Waals surface area contributed by atoms with Crippen LogP contribution in [0.4, 0.5) is 5.69 Å². The summed E-state index contributed by atoms with van der Waals surface area (Å²) in [7, 11) is -3.91. The van der Waals surface area contributed by atoms with Gasteiger partial charge in [-0.25, -0.2) is 8.42 Å². The molecule has 0 heterocycles. The summed E-state index contributed by atoms with van der Waals surface area (Å²) in [4.78, 5) is 13.1. The molecule has 0 bridgehead atoms. The van der Waals surface area contributed by atoms with E-state index in [1.807, 2.05) is 38.1 Å². The third-order valence-corrected chi connectivity index (χ3v) is 7.38. The van der Waals surface area contributed by atoms with Crippen molar-refractivity contribution in [3.8, 4) is 0 Å². The van der Waals surface area contributed by atoms with Crippen molar-refractivity contribution in [2.24, 2.45) is 0 Å². The molecule has 0 saturated heterocycles. The van der Waals surface area contributed by atoms with Gasteiger partial charge in [-0.1, -0.05) is 80.9 Å². The Morgan fingerprint density at radius 2 is 1.48 bits per heavy atom. The Balaban J connectivity index is 1.82. The minimum absolute atomic E-state index is 0.0470. The first-order chi connectivity index (χ1) is 15.5. The third-order valence-electron chi connectivity index (χ3n) is 5.59. The maximum Gasteiger partial charge on any atom is 0.264 e. The van der Waals surface area contributed by atoms with Gasteiger partial charge in [-0.3, -0.25) is 9.10 Å². The minimum Gasteiger partial charge on any atom is -0.348 e. The van der Waals surface area contributed by atoms with E-state index >= 15 is 0 Å². The summed E-state index contributed by atoms with van der Waals surface area (Å²) in [5.74, 6) is -0.373. The van der Waals surface area contributed by atoms with Crippen LogP contribution in [0.5, 0.6) is 0 Å². The Hall–Kier alpha value is -3.12. The van der Waals surface area contributed by atoms with Gasteiger partial charge < -0.3 is 5.32 Å². The highest BCUT2D eigenvalue weighted by Crippen LogP contribution is 2.25. The molecule has 0 aromatic heterocycles. The zero-order chi connectivity index (χ0) is 24.2. The number of nitrogens with one attached hydrogen (secondary N) is 1. The van der Waals surface area contributed by atoms with Crippen LogP contribution in [-0.2, 0) is 20.2 Å². The van der Waals surface area contributed by atoms with Crippen LogP contribution in [0, 0.1) is 6.92 Å². The number of carbonyl (C=O) groups is 1. The van der Waals surface area contributed by atoms with E-state index in [1.165, 1.54) is 17.7 Å². The topological polar surface area (TPSA) is 66.5 Å². The van der Waals surface area contributed by atoms with Crippen LogP contribution in [0.25, 0.3) is 0 Å². The minimum atomic E-state index is -3.91.